The average Bonchev–Trinajstić information content (AvgIpc) is 2.38. The molecule has 1 aromatic carbocycles. The number of halogens is 1. The molecule has 0 saturated carbocycles. The maximum Gasteiger partial charge on any atom is 0.162 e. The van der Waals surface area contributed by atoms with Crippen LogP contribution in [0.1, 0.15) is 43.5 Å². The van der Waals surface area contributed by atoms with Crippen LogP contribution < -0.4 is 0 Å². The minimum atomic E-state index is -3.11. The average molecular weight is 286 g/mol. The number of carbonyl (C=O) groups is 1. The van der Waals surface area contributed by atoms with Gasteiger partial charge >= 0.3 is 0 Å². The number of hydrogen-bond acceptors (Lipinski definition) is 3. The standard InChI is InChI=1S/C14H19FO3S/c1-3-11(2)19(17,18)10-4-5-14(16)12-6-8-13(15)9-7-12/h6-9,11H,3-5,10H2,1-2H3. The third-order valence-electron chi connectivity index (χ3n) is 3.19. The molecule has 3 nitrogen and oxygen atoms in total. The van der Waals surface area contributed by atoms with Gasteiger partial charge in [-0.2, -0.15) is 0 Å². The van der Waals surface area contributed by atoms with E-state index in [-0.39, 0.29) is 23.2 Å². The van der Waals surface area contributed by atoms with Gasteiger partial charge in [0.25, 0.3) is 0 Å². The quantitative estimate of drug-likeness (QED) is 0.724. The molecule has 5 heteroatoms. The fraction of sp³-hybridized carbons (Fsp3) is 0.500. The van der Waals surface area contributed by atoms with E-state index in [9.17, 15) is 17.6 Å². The van der Waals surface area contributed by atoms with Gasteiger partial charge in [0.1, 0.15) is 5.82 Å². The molecule has 1 atom stereocenters. The molecule has 0 aliphatic rings. The van der Waals surface area contributed by atoms with Crippen molar-refractivity contribution in [3.63, 3.8) is 0 Å². The van der Waals surface area contributed by atoms with Crippen molar-refractivity contribution in [1.82, 2.24) is 0 Å². The lowest BCUT2D eigenvalue weighted by molar-refractivity contribution is 0.0982. The normalized spacial score (nSPS) is 13.2. The molecule has 0 N–H and O–H groups in total. The molecule has 0 amide bonds. The van der Waals surface area contributed by atoms with Crippen LogP contribution in [0.25, 0.3) is 0 Å². The molecular formula is C14H19FO3S. The Morgan fingerprint density at radius 3 is 2.37 bits per heavy atom. The molecule has 0 radical (unpaired) electrons. The highest BCUT2D eigenvalue weighted by atomic mass is 32.2. The van der Waals surface area contributed by atoms with Crippen molar-refractivity contribution in [3.8, 4) is 0 Å². The van der Waals surface area contributed by atoms with Crippen molar-refractivity contribution in [2.75, 3.05) is 5.75 Å². The van der Waals surface area contributed by atoms with Gasteiger partial charge < -0.3 is 0 Å². The van der Waals surface area contributed by atoms with Crippen LogP contribution in [0, 0.1) is 5.82 Å². The fourth-order valence-corrected chi connectivity index (χ4v) is 3.13. The molecule has 19 heavy (non-hydrogen) atoms. The highest BCUT2D eigenvalue weighted by molar-refractivity contribution is 7.91. The first kappa shape index (κ1) is 15.8. The summed E-state index contributed by atoms with van der Waals surface area (Å²) in [5, 5.41) is -0.367. The number of Topliss-reactive ketones (excluding diaryl/α,β-unsaturated/α-hetero) is 1. The van der Waals surface area contributed by atoms with Crippen LogP contribution in [-0.4, -0.2) is 25.2 Å². The van der Waals surface area contributed by atoms with E-state index in [0.717, 1.165) is 0 Å². The van der Waals surface area contributed by atoms with E-state index in [1.54, 1.807) is 6.92 Å². The Kier molecular flexibility index (Phi) is 5.66. The van der Waals surface area contributed by atoms with Crippen LogP contribution in [0.4, 0.5) is 4.39 Å². The minimum absolute atomic E-state index is 0.0228. The molecular weight excluding hydrogens is 267 g/mol. The third kappa shape index (κ3) is 4.74. The van der Waals surface area contributed by atoms with Crippen molar-refractivity contribution in [1.29, 1.82) is 0 Å². The van der Waals surface area contributed by atoms with Crippen molar-refractivity contribution < 1.29 is 17.6 Å². The van der Waals surface area contributed by atoms with Crippen molar-refractivity contribution in [2.24, 2.45) is 0 Å². The first-order valence-electron chi connectivity index (χ1n) is 6.37. The summed E-state index contributed by atoms with van der Waals surface area (Å²) in [6.45, 7) is 3.50. The van der Waals surface area contributed by atoms with E-state index in [0.29, 0.717) is 18.4 Å². The first-order valence-corrected chi connectivity index (χ1v) is 8.08. The summed E-state index contributed by atoms with van der Waals surface area (Å²) in [6, 6.07) is 5.29. The molecule has 1 unspecified atom stereocenters. The van der Waals surface area contributed by atoms with E-state index in [2.05, 4.69) is 0 Å². The van der Waals surface area contributed by atoms with E-state index in [4.69, 9.17) is 0 Å². The number of benzene rings is 1. The molecule has 0 saturated heterocycles. The summed E-state index contributed by atoms with van der Waals surface area (Å²) in [6.07, 6.45) is 1.05. The van der Waals surface area contributed by atoms with E-state index in [1.165, 1.54) is 24.3 Å². The van der Waals surface area contributed by atoms with Crippen LogP contribution >= 0.6 is 0 Å². The zero-order valence-electron chi connectivity index (χ0n) is 11.2. The van der Waals surface area contributed by atoms with Gasteiger partial charge in [-0.1, -0.05) is 6.92 Å². The highest BCUT2D eigenvalue weighted by Gasteiger charge is 2.19. The van der Waals surface area contributed by atoms with E-state index in [1.807, 2.05) is 6.92 Å². The number of hydrogen-bond donors (Lipinski definition) is 0. The minimum Gasteiger partial charge on any atom is -0.294 e. The SMILES string of the molecule is CCC(C)S(=O)(=O)CCCC(=O)c1ccc(F)cc1. The predicted molar refractivity (Wildman–Crippen MR) is 73.5 cm³/mol. The zero-order chi connectivity index (χ0) is 14.5. The Hall–Kier alpha value is -1.23. The van der Waals surface area contributed by atoms with Crippen molar-refractivity contribution in [2.45, 2.75) is 38.4 Å². The molecule has 1 aromatic rings. The van der Waals surface area contributed by atoms with Gasteiger partial charge in [0.2, 0.25) is 0 Å². The molecule has 106 valence electrons. The second-order valence-electron chi connectivity index (χ2n) is 4.62. The molecule has 0 bridgehead atoms. The Morgan fingerprint density at radius 1 is 1.26 bits per heavy atom. The van der Waals surface area contributed by atoms with Crippen molar-refractivity contribution in [3.05, 3.63) is 35.6 Å². The maximum atomic E-state index is 12.7. The van der Waals surface area contributed by atoms with E-state index < -0.39 is 15.7 Å². The van der Waals surface area contributed by atoms with Crippen LogP contribution in [0.5, 0.6) is 0 Å². The van der Waals surface area contributed by atoms with Gasteiger partial charge in [-0.25, -0.2) is 12.8 Å². The number of rotatable bonds is 7. The van der Waals surface area contributed by atoms with Gasteiger partial charge in [0, 0.05) is 12.0 Å². The van der Waals surface area contributed by atoms with Crippen LogP contribution in [0.2, 0.25) is 0 Å². The van der Waals surface area contributed by atoms with Gasteiger partial charge in [0.05, 0.1) is 11.0 Å². The fourth-order valence-electron chi connectivity index (χ4n) is 1.67. The Labute approximate surface area is 113 Å². The maximum absolute atomic E-state index is 12.7. The second-order valence-corrected chi connectivity index (χ2v) is 7.16. The smallest absolute Gasteiger partial charge is 0.162 e. The molecule has 0 fully saturated rings. The molecule has 0 aliphatic carbocycles. The van der Waals surface area contributed by atoms with Crippen LogP contribution in [0.3, 0.4) is 0 Å². The summed E-state index contributed by atoms with van der Waals surface area (Å²) in [4.78, 5) is 11.8. The topological polar surface area (TPSA) is 51.2 Å². The Balaban J connectivity index is 2.50. The molecule has 0 spiro atoms. The summed E-state index contributed by atoms with van der Waals surface area (Å²) < 4.78 is 36.2. The zero-order valence-corrected chi connectivity index (χ0v) is 12.0. The predicted octanol–water partition coefficient (Wildman–Crippen LogP) is 3.00. The molecule has 0 aliphatic heterocycles. The monoisotopic (exact) mass is 286 g/mol. The summed E-state index contributed by atoms with van der Waals surface area (Å²) in [5.41, 5.74) is 0.419. The molecule has 1 rings (SSSR count). The van der Waals surface area contributed by atoms with Gasteiger partial charge in [-0.05, 0) is 44.0 Å². The number of sulfone groups is 1. The summed E-state index contributed by atoms with van der Waals surface area (Å²) >= 11 is 0. The van der Waals surface area contributed by atoms with Crippen molar-refractivity contribution >= 4 is 15.6 Å². The van der Waals surface area contributed by atoms with Gasteiger partial charge in [-0.15, -0.1) is 0 Å². The third-order valence-corrected chi connectivity index (χ3v) is 5.60. The Morgan fingerprint density at radius 2 is 1.84 bits per heavy atom. The lowest BCUT2D eigenvalue weighted by Gasteiger charge is -2.09. The van der Waals surface area contributed by atoms with Crippen LogP contribution in [-0.2, 0) is 9.84 Å². The summed E-state index contributed by atoms with van der Waals surface area (Å²) in [5.74, 6) is -0.523. The van der Waals surface area contributed by atoms with Crippen LogP contribution in [0.15, 0.2) is 24.3 Å². The molecule has 0 aromatic heterocycles. The second kappa shape index (κ2) is 6.80. The van der Waals surface area contributed by atoms with Gasteiger partial charge in [0.15, 0.2) is 15.6 Å². The Bertz CT molecular complexity index is 520. The summed E-state index contributed by atoms with van der Waals surface area (Å²) in [7, 11) is -3.11. The van der Waals surface area contributed by atoms with E-state index >= 15 is 0 Å². The van der Waals surface area contributed by atoms with Gasteiger partial charge in [-0.3, -0.25) is 4.79 Å². The highest BCUT2D eigenvalue weighted by Crippen LogP contribution is 2.11. The first-order chi connectivity index (χ1) is 8.86. The lowest BCUT2D eigenvalue weighted by atomic mass is 10.1. The number of carbonyl (C=O) groups excluding carboxylic acids is 1. The molecule has 0 heterocycles. The lowest BCUT2D eigenvalue weighted by Crippen LogP contribution is -2.20. The number of ketones is 1. The largest absolute Gasteiger partial charge is 0.294 e.